The Kier molecular flexibility index (Phi) is 3.50. The van der Waals surface area contributed by atoms with Gasteiger partial charge in [-0.15, -0.1) is 0 Å². The van der Waals surface area contributed by atoms with Crippen LogP contribution in [-0.4, -0.2) is 19.1 Å². The number of hydrogen-bond donors (Lipinski definition) is 0. The van der Waals surface area contributed by atoms with Crippen LogP contribution in [0.5, 0.6) is 0 Å². The van der Waals surface area contributed by atoms with E-state index >= 15 is 0 Å². The Balaban J connectivity index is 3.25. The first kappa shape index (κ1) is 11.0. The Bertz CT molecular complexity index is 277. The van der Waals surface area contributed by atoms with E-state index in [-0.39, 0.29) is 0 Å². The summed E-state index contributed by atoms with van der Waals surface area (Å²) in [6.07, 6.45) is 2.96. The molecule has 0 aromatic carbocycles. The Morgan fingerprint density at radius 3 is 2.43 bits per heavy atom. The predicted molar refractivity (Wildman–Crippen MR) is 62.0 cm³/mol. The summed E-state index contributed by atoms with van der Waals surface area (Å²) in [6, 6.07) is 2.09. The average Bonchev–Trinajstić information content (AvgIpc) is 2.16. The maximum absolute atomic E-state index is 4.47. The smallest absolute Gasteiger partial charge is 0.0481 e. The van der Waals surface area contributed by atoms with E-state index in [0.717, 1.165) is 6.42 Å². The summed E-state index contributed by atoms with van der Waals surface area (Å²) >= 11 is 0. The molecule has 0 N–H and O–H groups in total. The molecular weight excluding hydrogens is 172 g/mol. The van der Waals surface area contributed by atoms with E-state index in [1.54, 1.807) is 0 Å². The largest absolute Gasteiger partial charge is 0.377 e. The molecule has 0 amide bonds. The van der Waals surface area contributed by atoms with Crippen LogP contribution in [0.1, 0.15) is 37.9 Å². The summed E-state index contributed by atoms with van der Waals surface area (Å²) < 4.78 is 0. The third kappa shape index (κ3) is 2.06. The maximum Gasteiger partial charge on any atom is 0.0481 e. The van der Waals surface area contributed by atoms with Gasteiger partial charge >= 0.3 is 0 Å². The van der Waals surface area contributed by atoms with Crippen LogP contribution in [0.15, 0.2) is 12.3 Å². The molecule has 0 spiro atoms. The molecule has 0 fully saturated rings. The molecule has 2 heteroatoms. The summed E-state index contributed by atoms with van der Waals surface area (Å²) in [5.41, 5.74) is 3.91. The lowest BCUT2D eigenvalue weighted by atomic mass is 10.00. The van der Waals surface area contributed by atoms with Gasteiger partial charge in [0.25, 0.3) is 0 Å². The highest BCUT2D eigenvalue weighted by Crippen LogP contribution is 2.25. The van der Waals surface area contributed by atoms with Crippen molar-refractivity contribution in [1.29, 1.82) is 0 Å². The highest BCUT2D eigenvalue weighted by molar-refractivity contribution is 5.54. The Labute approximate surface area is 87.0 Å². The van der Waals surface area contributed by atoms with Crippen molar-refractivity contribution in [2.75, 3.05) is 19.0 Å². The first-order chi connectivity index (χ1) is 6.57. The van der Waals surface area contributed by atoms with E-state index in [2.05, 4.69) is 50.8 Å². The number of rotatable bonds is 3. The summed E-state index contributed by atoms with van der Waals surface area (Å²) in [5.74, 6) is 0.504. The van der Waals surface area contributed by atoms with Gasteiger partial charge in [-0.25, -0.2) is 0 Å². The summed E-state index contributed by atoms with van der Waals surface area (Å²) in [7, 11) is 4.16. The van der Waals surface area contributed by atoms with Crippen LogP contribution >= 0.6 is 0 Å². The van der Waals surface area contributed by atoms with Crippen LogP contribution in [0, 0.1) is 0 Å². The van der Waals surface area contributed by atoms with Crippen molar-refractivity contribution in [1.82, 2.24) is 4.98 Å². The fraction of sp³-hybridized carbons (Fsp3) is 0.583. The van der Waals surface area contributed by atoms with Gasteiger partial charge in [0.2, 0.25) is 0 Å². The zero-order valence-electron chi connectivity index (χ0n) is 9.83. The molecule has 0 radical (unpaired) electrons. The van der Waals surface area contributed by atoms with Crippen LogP contribution in [-0.2, 0) is 6.42 Å². The lowest BCUT2D eigenvalue weighted by Gasteiger charge is -2.20. The zero-order chi connectivity index (χ0) is 10.7. The van der Waals surface area contributed by atoms with E-state index in [0.29, 0.717) is 5.92 Å². The number of anilines is 1. The molecule has 2 nitrogen and oxygen atoms in total. The standard InChI is InChI=1S/C12H20N2/c1-6-10-11(14(4)5)7-8-13-12(10)9(2)3/h7-9H,6H2,1-5H3. The van der Waals surface area contributed by atoms with Gasteiger partial charge < -0.3 is 4.90 Å². The number of nitrogens with zero attached hydrogens (tertiary/aromatic N) is 2. The van der Waals surface area contributed by atoms with E-state index < -0.39 is 0 Å². The van der Waals surface area contributed by atoms with Crippen LogP contribution in [0.25, 0.3) is 0 Å². The molecule has 0 saturated heterocycles. The minimum absolute atomic E-state index is 0.504. The lowest BCUT2D eigenvalue weighted by Crippen LogP contribution is -2.13. The van der Waals surface area contributed by atoms with E-state index in [4.69, 9.17) is 0 Å². The van der Waals surface area contributed by atoms with Gasteiger partial charge in [0.05, 0.1) is 0 Å². The highest BCUT2D eigenvalue weighted by Gasteiger charge is 2.11. The van der Waals surface area contributed by atoms with E-state index in [1.807, 2.05) is 6.20 Å². The minimum atomic E-state index is 0.504. The number of hydrogen-bond acceptors (Lipinski definition) is 2. The van der Waals surface area contributed by atoms with Crippen molar-refractivity contribution in [3.05, 3.63) is 23.5 Å². The molecule has 0 aliphatic carbocycles. The number of aromatic nitrogens is 1. The molecular formula is C12H20N2. The third-order valence-electron chi connectivity index (χ3n) is 2.45. The molecule has 0 unspecified atom stereocenters. The van der Waals surface area contributed by atoms with Crippen molar-refractivity contribution in [2.24, 2.45) is 0 Å². The van der Waals surface area contributed by atoms with Crippen LogP contribution in [0.2, 0.25) is 0 Å². The van der Waals surface area contributed by atoms with Crippen molar-refractivity contribution in [3.8, 4) is 0 Å². The second kappa shape index (κ2) is 4.45. The summed E-state index contributed by atoms with van der Waals surface area (Å²) in [5, 5.41) is 0. The maximum atomic E-state index is 4.47. The molecule has 0 aliphatic heterocycles. The molecule has 1 aromatic heterocycles. The van der Waals surface area contributed by atoms with Crippen molar-refractivity contribution < 1.29 is 0 Å². The van der Waals surface area contributed by atoms with Crippen LogP contribution < -0.4 is 4.90 Å². The second-order valence-electron chi connectivity index (χ2n) is 4.10. The molecule has 0 saturated carbocycles. The Morgan fingerprint density at radius 1 is 1.36 bits per heavy atom. The van der Waals surface area contributed by atoms with E-state index in [9.17, 15) is 0 Å². The zero-order valence-corrected chi connectivity index (χ0v) is 9.83. The van der Waals surface area contributed by atoms with Gasteiger partial charge in [0.1, 0.15) is 0 Å². The fourth-order valence-electron chi connectivity index (χ4n) is 1.78. The normalized spacial score (nSPS) is 10.7. The molecule has 0 atom stereocenters. The Morgan fingerprint density at radius 2 is 2.00 bits per heavy atom. The van der Waals surface area contributed by atoms with E-state index in [1.165, 1.54) is 16.9 Å². The van der Waals surface area contributed by atoms with Gasteiger partial charge in [-0.1, -0.05) is 20.8 Å². The SMILES string of the molecule is CCc1c(N(C)C)ccnc1C(C)C. The summed E-state index contributed by atoms with van der Waals surface area (Å²) in [4.78, 5) is 6.62. The number of pyridine rings is 1. The molecule has 1 rings (SSSR count). The molecule has 1 aromatic rings. The molecule has 1 heterocycles. The van der Waals surface area contributed by atoms with Crippen LogP contribution in [0.3, 0.4) is 0 Å². The van der Waals surface area contributed by atoms with Crippen molar-refractivity contribution in [3.63, 3.8) is 0 Å². The van der Waals surface area contributed by atoms with Gasteiger partial charge in [-0.2, -0.15) is 0 Å². The molecule has 78 valence electrons. The molecule has 0 bridgehead atoms. The quantitative estimate of drug-likeness (QED) is 0.732. The van der Waals surface area contributed by atoms with Gasteiger partial charge in [-0.05, 0) is 24.0 Å². The first-order valence-electron chi connectivity index (χ1n) is 5.23. The third-order valence-corrected chi connectivity index (χ3v) is 2.45. The van der Waals surface area contributed by atoms with Crippen molar-refractivity contribution in [2.45, 2.75) is 33.1 Å². The minimum Gasteiger partial charge on any atom is -0.377 e. The predicted octanol–water partition coefficient (Wildman–Crippen LogP) is 2.83. The fourth-order valence-corrected chi connectivity index (χ4v) is 1.78. The van der Waals surface area contributed by atoms with Gasteiger partial charge in [-0.3, -0.25) is 4.98 Å². The van der Waals surface area contributed by atoms with Gasteiger partial charge in [0, 0.05) is 31.7 Å². The van der Waals surface area contributed by atoms with Gasteiger partial charge in [0.15, 0.2) is 0 Å². The van der Waals surface area contributed by atoms with Crippen molar-refractivity contribution >= 4 is 5.69 Å². The monoisotopic (exact) mass is 192 g/mol. The average molecular weight is 192 g/mol. The Hall–Kier alpha value is -1.05. The first-order valence-corrected chi connectivity index (χ1v) is 5.23. The summed E-state index contributed by atoms with van der Waals surface area (Å²) in [6.45, 7) is 6.58. The lowest BCUT2D eigenvalue weighted by molar-refractivity contribution is 0.797. The molecule has 14 heavy (non-hydrogen) atoms. The second-order valence-corrected chi connectivity index (χ2v) is 4.10. The molecule has 0 aliphatic rings. The topological polar surface area (TPSA) is 16.1 Å². The van der Waals surface area contributed by atoms with Crippen LogP contribution in [0.4, 0.5) is 5.69 Å². The highest BCUT2D eigenvalue weighted by atomic mass is 15.1.